The molecule has 0 radical (unpaired) electrons. The maximum atomic E-state index is 7.15. The zero-order valence-electron chi connectivity index (χ0n) is 6.16. The Bertz CT molecular complexity index is 235. The normalized spacial score (nSPS) is 25.0. The molecule has 1 aliphatic heterocycles. The van der Waals surface area contributed by atoms with Crippen LogP contribution in [-0.2, 0) is 6.54 Å². The van der Waals surface area contributed by atoms with Crippen molar-refractivity contribution in [1.82, 2.24) is 9.55 Å². The van der Waals surface area contributed by atoms with Gasteiger partial charge in [-0.2, -0.15) is 0 Å². The quantitative estimate of drug-likeness (QED) is 0.509. The van der Waals surface area contributed by atoms with E-state index in [1.54, 1.807) is 6.20 Å². The molecule has 2 rings (SSSR count). The zero-order valence-corrected chi connectivity index (χ0v) is 5.16. The average molecular weight is 125 g/mol. The maximum Gasteiger partial charge on any atom is 0.296 e. The van der Waals surface area contributed by atoms with E-state index < -0.39 is 0 Å². The third-order valence-electron chi connectivity index (χ3n) is 1.38. The van der Waals surface area contributed by atoms with Crippen molar-refractivity contribution in [2.45, 2.75) is 19.6 Å². The number of hydrogen-bond acceptors (Lipinski definition) is 2. The van der Waals surface area contributed by atoms with E-state index in [9.17, 15) is 0 Å². The molecular formula is C6H8N2O. The van der Waals surface area contributed by atoms with E-state index in [0.29, 0.717) is 6.01 Å². The Morgan fingerprint density at radius 2 is 3.00 bits per heavy atom. The van der Waals surface area contributed by atoms with Crippen molar-refractivity contribution in [3.63, 3.8) is 0 Å². The second-order valence-corrected chi connectivity index (χ2v) is 2.23. The highest BCUT2D eigenvalue weighted by atomic mass is 16.5. The molecule has 3 heteroatoms. The first-order chi connectivity index (χ1) is 4.75. The standard InChI is InChI=1S/C6H8N2O/c1-5-4-8-3-2-7-6(8)9-5/h2-3,5H,4H2,1H3/i2D. The van der Waals surface area contributed by atoms with E-state index in [-0.39, 0.29) is 12.3 Å². The predicted molar refractivity (Wildman–Crippen MR) is 32.3 cm³/mol. The molecule has 0 saturated heterocycles. The van der Waals surface area contributed by atoms with Crippen LogP contribution in [0.3, 0.4) is 0 Å². The van der Waals surface area contributed by atoms with Crippen LogP contribution in [0.4, 0.5) is 0 Å². The topological polar surface area (TPSA) is 27.1 Å². The van der Waals surface area contributed by atoms with E-state index in [1.165, 1.54) is 0 Å². The maximum absolute atomic E-state index is 7.15. The van der Waals surface area contributed by atoms with Crippen molar-refractivity contribution >= 4 is 0 Å². The van der Waals surface area contributed by atoms with E-state index in [2.05, 4.69) is 4.98 Å². The first-order valence-electron chi connectivity index (χ1n) is 3.46. The van der Waals surface area contributed by atoms with Crippen LogP contribution in [0.15, 0.2) is 12.4 Å². The zero-order chi connectivity index (χ0) is 7.14. The van der Waals surface area contributed by atoms with Gasteiger partial charge in [0.25, 0.3) is 6.01 Å². The summed E-state index contributed by atoms with van der Waals surface area (Å²) in [6.07, 6.45) is 2.17. The van der Waals surface area contributed by atoms with Gasteiger partial charge < -0.3 is 4.74 Å². The minimum atomic E-state index is 0.211. The number of fused-ring (bicyclic) bond motifs is 1. The van der Waals surface area contributed by atoms with Crippen LogP contribution in [0.5, 0.6) is 6.01 Å². The van der Waals surface area contributed by atoms with Crippen LogP contribution < -0.4 is 4.74 Å². The van der Waals surface area contributed by atoms with Gasteiger partial charge in [0.2, 0.25) is 0 Å². The molecular weight excluding hydrogens is 116 g/mol. The Morgan fingerprint density at radius 1 is 2.11 bits per heavy atom. The Hall–Kier alpha value is -0.990. The van der Waals surface area contributed by atoms with Gasteiger partial charge in [0, 0.05) is 12.4 Å². The molecule has 0 bridgehead atoms. The second-order valence-electron chi connectivity index (χ2n) is 2.23. The molecule has 1 atom stereocenters. The fourth-order valence-corrected chi connectivity index (χ4v) is 0.992. The molecule has 1 unspecified atom stereocenters. The molecule has 0 N–H and O–H groups in total. The van der Waals surface area contributed by atoms with Crippen molar-refractivity contribution in [3.8, 4) is 6.01 Å². The molecule has 1 aliphatic rings. The summed E-state index contributed by atoms with van der Waals surface area (Å²) in [5, 5.41) is 0. The van der Waals surface area contributed by atoms with Gasteiger partial charge in [-0.25, -0.2) is 4.98 Å². The van der Waals surface area contributed by atoms with Crippen molar-refractivity contribution < 1.29 is 6.11 Å². The number of aromatic nitrogens is 2. The molecule has 0 spiro atoms. The monoisotopic (exact) mass is 125 g/mol. The molecule has 48 valence electrons. The number of hydrogen-bond donors (Lipinski definition) is 0. The van der Waals surface area contributed by atoms with Gasteiger partial charge in [-0.05, 0) is 6.92 Å². The first-order valence-corrected chi connectivity index (χ1v) is 2.96. The molecule has 0 amide bonds. The lowest BCUT2D eigenvalue weighted by atomic mass is 10.4. The summed E-state index contributed by atoms with van der Waals surface area (Å²) >= 11 is 0. The van der Waals surface area contributed by atoms with Crippen LogP contribution in [0.25, 0.3) is 0 Å². The Kier molecular flexibility index (Phi) is 0.653. The third-order valence-corrected chi connectivity index (χ3v) is 1.38. The van der Waals surface area contributed by atoms with Crippen LogP contribution in [0, 0.1) is 0 Å². The lowest BCUT2D eigenvalue weighted by Gasteiger charge is -1.96. The third kappa shape index (κ3) is 0.608. The SMILES string of the molecule is [2H]c1cn2c(n1)OC(C)C2. The summed E-state index contributed by atoms with van der Waals surface area (Å²) in [6, 6.07) is 0.581. The minimum Gasteiger partial charge on any atom is -0.460 e. The summed E-state index contributed by atoms with van der Waals surface area (Å²) in [4.78, 5) is 3.85. The molecule has 1 aromatic heterocycles. The number of nitrogens with zero attached hydrogens (tertiary/aromatic N) is 2. The van der Waals surface area contributed by atoms with E-state index in [0.717, 1.165) is 6.54 Å². The molecule has 0 aliphatic carbocycles. The predicted octanol–water partition coefficient (Wildman–Crippen LogP) is 0.664. The lowest BCUT2D eigenvalue weighted by Crippen LogP contribution is -2.07. The highest BCUT2D eigenvalue weighted by molar-refractivity contribution is 5.03. The summed E-state index contributed by atoms with van der Waals surface area (Å²) in [7, 11) is 0. The Balaban J connectivity index is 2.39. The molecule has 0 aromatic carbocycles. The fourth-order valence-electron chi connectivity index (χ4n) is 0.992. The second kappa shape index (κ2) is 1.50. The number of rotatable bonds is 0. The van der Waals surface area contributed by atoms with Crippen molar-refractivity contribution in [3.05, 3.63) is 12.4 Å². The number of imidazole rings is 1. The van der Waals surface area contributed by atoms with Gasteiger partial charge in [-0.3, -0.25) is 4.57 Å². The van der Waals surface area contributed by atoms with Gasteiger partial charge in [-0.15, -0.1) is 0 Å². The highest BCUT2D eigenvalue weighted by Gasteiger charge is 2.17. The molecule has 1 aromatic rings. The summed E-state index contributed by atoms with van der Waals surface area (Å²) in [5.74, 6) is 0. The van der Waals surface area contributed by atoms with Crippen LogP contribution in [0.1, 0.15) is 8.29 Å². The first kappa shape index (κ1) is 3.93. The average Bonchev–Trinajstić information content (AvgIpc) is 2.21. The summed E-state index contributed by atoms with van der Waals surface area (Å²) < 4.78 is 14.3. The van der Waals surface area contributed by atoms with Gasteiger partial charge in [0.05, 0.1) is 7.92 Å². The van der Waals surface area contributed by atoms with E-state index in [4.69, 9.17) is 6.11 Å². The summed E-state index contributed by atoms with van der Waals surface area (Å²) in [6.45, 7) is 2.81. The van der Waals surface area contributed by atoms with Crippen molar-refractivity contribution in [1.29, 1.82) is 0 Å². The Morgan fingerprint density at radius 3 is 3.78 bits per heavy atom. The molecule has 2 heterocycles. The number of ether oxygens (including phenoxy) is 1. The molecule has 3 nitrogen and oxygen atoms in total. The van der Waals surface area contributed by atoms with Crippen LogP contribution in [0.2, 0.25) is 0 Å². The van der Waals surface area contributed by atoms with Crippen molar-refractivity contribution in [2.24, 2.45) is 0 Å². The van der Waals surface area contributed by atoms with Crippen LogP contribution >= 0.6 is 0 Å². The van der Waals surface area contributed by atoms with Crippen LogP contribution in [-0.4, -0.2) is 15.7 Å². The molecule has 0 saturated carbocycles. The van der Waals surface area contributed by atoms with Gasteiger partial charge in [0.1, 0.15) is 6.10 Å². The highest BCUT2D eigenvalue weighted by Crippen LogP contribution is 2.17. The molecule has 0 fully saturated rings. The summed E-state index contributed by atoms with van der Waals surface area (Å²) in [5.41, 5.74) is 0. The lowest BCUT2D eigenvalue weighted by molar-refractivity contribution is 0.246. The van der Waals surface area contributed by atoms with Gasteiger partial charge in [0.15, 0.2) is 0 Å². The Labute approximate surface area is 54.7 Å². The van der Waals surface area contributed by atoms with Gasteiger partial charge >= 0.3 is 0 Å². The minimum absolute atomic E-state index is 0.211. The molecule has 9 heavy (non-hydrogen) atoms. The van der Waals surface area contributed by atoms with Crippen molar-refractivity contribution in [2.75, 3.05) is 0 Å². The van der Waals surface area contributed by atoms with E-state index in [1.807, 2.05) is 11.5 Å². The van der Waals surface area contributed by atoms with E-state index >= 15 is 0 Å². The smallest absolute Gasteiger partial charge is 0.296 e. The van der Waals surface area contributed by atoms with Gasteiger partial charge in [-0.1, -0.05) is 0 Å². The largest absolute Gasteiger partial charge is 0.460 e. The fraction of sp³-hybridized carbons (Fsp3) is 0.500.